The number of rotatable bonds is 0. The van der Waals surface area contributed by atoms with Crippen molar-refractivity contribution in [3.05, 3.63) is 17.8 Å². The van der Waals surface area contributed by atoms with Gasteiger partial charge in [0.15, 0.2) is 5.75 Å². The SMILES string of the molecule is FC(F)(F)c1ccc2c(n1)OCCO2. The van der Waals surface area contributed by atoms with E-state index >= 15 is 0 Å². The lowest BCUT2D eigenvalue weighted by Crippen LogP contribution is -2.18. The smallest absolute Gasteiger partial charge is 0.433 e. The van der Waals surface area contributed by atoms with Crippen molar-refractivity contribution in [2.75, 3.05) is 13.2 Å². The van der Waals surface area contributed by atoms with Gasteiger partial charge >= 0.3 is 6.18 Å². The lowest BCUT2D eigenvalue weighted by atomic mass is 10.3. The fourth-order valence-electron chi connectivity index (χ4n) is 1.09. The Kier molecular flexibility index (Phi) is 1.98. The van der Waals surface area contributed by atoms with Crippen molar-refractivity contribution in [2.45, 2.75) is 6.18 Å². The standard InChI is InChI=1S/C8H6F3NO2/c9-8(10,11)6-2-1-5-7(12-6)14-4-3-13-5/h1-2H,3-4H2. The first kappa shape index (κ1) is 9.11. The molecule has 1 aliphatic rings. The first-order valence-corrected chi connectivity index (χ1v) is 3.91. The molecular weight excluding hydrogens is 199 g/mol. The summed E-state index contributed by atoms with van der Waals surface area (Å²) in [4.78, 5) is 3.31. The molecule has 1 aromatic rings. The molecule has 0 radical (unpaired) electrons. The highest BCUT2D eigenvalue weighted by molar-refractivity contribution is 5.36. The number of aromatic nitrogens is 1. The molecule has 76 valence electrons. The number of nitrogens with zero attached hydrogens (tertiary/aromatic N) is 1. The number of ether oxygens (including phenoxy) is 2. The lowest BCUT2D eigenvalue weighted by Gasteiger charge is -2.18. The van der Waals surface area contributed by atoms with Crippen LogP contribution in [0.3, 0.4) is 0 Å². The molecule has 1 aromatic heterocycles. The molecule has 0 amide bonds. The van der Waals surface area contributed by atoms with Crippen molar-refractivity contribution < 1.29 is 22.6 Å². The molecule has 0 aliphatic carbocycles. The first-order valence-electron chi connectivity index (χ1n) is 3.91. The van der Waals surface area contributed by atoms with E-state index in [-0.39, 0.29) is 18.2 Å². The first-order chi connectivity index (χ1) is 6.57. The third-order valence-corrected chi connectivity index (χ3v) is 1.70. The Labute approximate surface area is 77.5 Å². The van der Waals surface area contributed by atoms with E-state index in [9.17, 15) is 13.2 Å². The minimum atomic E-state index is -4.45. The summed E-state index contributed by atoms with van der Waals surface area (Å²) < 4.78 is 46.6. The van der Waals surface area contributed by atoms with E-state index in [1.54, 1.807) is 0 Å². The summed E-state index contributed by atoms with van der Waals surface area (Å²) in [5.74, 6) is 0.162. The number of hydrogen-bond donors (Lipinski definition) is 0. The molecule has 0 atom stereocenters. The summed E-state index contributed by atoms with van der Waals surface area (Å²) in [6.07, 6.45) is -4.45. The molecule has 14 heavy (non-hydrogen) atoms. The zero-order chi connectivity index (χ0) is 10.2. The van der Waals surface area contributed by atoms with Crippen LogP contribution in [-0.2, 0) is 6.18 Å². The summed E-state index contributed by atoms with van der Waals surface area (Å²) in [6.45, 7) is 0.557. The zero-order valence-corrected chi connectivity index (χ0v) is 6.97. The fraction of sp³-hybridized carbons (Fsp3) is 0.375. The van der Waals surface area contributed by atoms with Crippen molar-refractivity contribution >= 4 is 0 Å². The maximum atomic E-state index is 12.2. The Bertz CT molecular complexity index is 351. The summed E-state index contributed by atoms with van der Waals surface area (Å²) in [5.41, 5.74) is -0.971. The van der Waals surface area contributed by atoms with Gasteiger partial charge in [0.05, 0.1) is 0 Å². The third kappa shape index (κ3) is 1.59. The minimum absolute atomic E-state index is 0.0916. The zero-order valence-electron chi connectivity index (χ0n) is 6.97. The number of halogens is 3. The molecule has 2 rings (SSSR count). The molecule has 3 nitrogen and oxygen atoms in total. The molecule has 0 saturated carbocycles. The van der Waals surface area contributed by atoms with E-state index in [1.165, 1.54) is 6.07 Å². The Morgan fingerprint density at radius 3 is 2.57 bits per heavy atom. The second kappa shape index (κ2) is 3.04. The van der Waals surface area contributed by atoms with E-state index < -0.39 is 11.9 Å². The van der Waals surface area contributed by atoms with Gasteiger partial charge in [0.1, 0.15) is 18.9 Å². The molecular formula is C8H6F3NO2. The summed E-state index contributed by atoms with van der Waals surface area (Å²) >= 11 is 0. The third-order valence-electron chi connectivity index (χ3n) is 1.70. The van der Waals surface area contributed by atoms with Gasteiger partial charge in [0.25, 0.3) is 5.88 Å². The van der Waals surface area contributed by atoms with Gasteiger partial charge in [-0.25, -0.2) is 4.98 Å². The van der Waals surface area contributed by atoms with Crippen LogP contribution in [0.5, 0.6) is 11.6 Å². The Morgan fingerprint density at radius 1 is 1.14 bits per heavy atom. The van der Waals surface area contributed by atoms with Crippen LogP contribution in [0.1, 0.15) is 5.69 Å². The van der Waals surface area contributed by atoms with E-state index in [2.05, 4.69) is 4.98 Å². The quantitative estimate of drug-likeness (QED) is 0.647. The van der Waals surface area contributed by atoms with Crippen LogP contribution < -0.4 is 9.47 Å². The molecule has 0 saturated heterocycles. The molecule has 2 heterocycles. The molecule has 1 aliphatic heterocycles. The van der Waals surface area contributed by atoms with Crippen molar-refractivity contribution in [1.82, 2.24) is 4.98 Å². The Balaban J connectivity index is 2.39. The van der Waals surface area contributed by atoms with E-state index in [0.717, 1.165) is 6.07 Å². The predicted octanol–water partition coefficient (Wildman–Crippen LogP) is 1.87. The number of pyridine rings is 1. The highest BCUT2D eigenvalue weighted by Crippen LogP contribution is 2.34. The molecule has 6 heteroatoms. The van der Waals surface area contributed by atoms with Crippen LogP contribution in [0.4, 0.5) is 13.2 Å². The summed E-state index contributed by atoms with van der Waals surface area (Å²) in [7, 11) is 0. The average Bonchev–Trinajstić information content (AvgIpc) is 2.16. The molecule has 0 unspecified atom stereocenters. The van der Waals surface area contributed by atoms with Crippen molar-refractivity contribution in [3.8, 4) is 11.6 Å². The number of fused-ring (bicyclic) bond motifs is 1. The maximum absolute atomic E-state index is 12.2. The van der Waals surface area contributed by atoms with Crippen LogP contribution >= 0.6 is 0 Å². The largest absolute Gasteiger partial charge is 0.484 e. The second-order valence-corrected chi connectivity index (χ2v) is 2.69. The highest BCUT2D eigenvalue weighted by Gasteiger charge is 2.33. The van der Waals surface area contributed by atoms with Gasteiger partial charge in [-0.3, -0.25) is 0 Å². The molecule has 0 aromatic carbocycles. The van der Waals surface area contributed by atoms with Crippen LogP contribution in [0.25, 0.3) is 0 Å². The van der Waals surface area contributed by atoms with E-state index in [0.29, 0.717) is 6.61 Å². The van der Waals surface area contributed by atoms with Crippen molar-refractivity contribution in [1.29, 1.82) is 0 Å². The molecule has 0 spiro atoms. The summed E-state index contributed by atoms with van der Waals surface area (Å²) in [5, 5.41) is 0. The van der Waals surface area contributed by atoms with Gasteiger partial charge in [-0.15, -0.1) is 0 Å². The van der Waals surface area contributed by atoms with Gasteiger partial charge in [0, 0.05) is 0 Å². The fourth-order valence-corrected chi connectivity index (χ4v) is 1.09. The van der Waals surface area contributed by atoms with Gasteiger partial charge in [-0.1, -0.05) is 0 Å². The van der Waals surface area contributed by atoms with Crippen LogP contribution in [0.2, 0.25) is 0 Å². The maximum Gasteiger partial charge on any atom is 0.433 e. The van der Waals surface area contributed by atoms with Gasteiger partial charge in [0.2, 0.25) is 0 Å². The van der Waals surface area contributed by atoms with E-state index in [1.807, 2.05) is 0 Å². The minimum Gasteiger partial charge on any atom is -0.484 e. The predicted molar refractivity (Wildman–Crippen MR) is 40.2 cm³/mol. The van der Waals surface area contributed by atoms with Gasteiger partial charge in [-0.05, 0) is 12.1 Å². The molecule has 0 N–H and O–H groups in total. The number of hydrogen-bond acceptors (Lipinski definition) is 3. The van der Waals surface area contributed by atoms with Crippen LogP contribution in [0, 0.1) is 0 Å². The van der Waals surface area contributed by atoms with Crippen LogP contribution in [0.15, 0.2) is 12.1 Å². The highest BCUT2D eigenvalue weighted by atomic mass is 19.4. The monoisotopic (exact) mass is 205 g/mol. The topological polar surface area (TPSA) is 31.4 Å². The Hall–Kier alpha value is -1.46. The molecule has 0 bridgehead atoms. The van der Waals surface area contributed by atoms with E-state index in [4.69, 9.17) is 9.47 Å². The number of alkyl halides is 3. The summed E-state index contributed by atoms with van der Waals surface area (Å²) in [6, 6.07) is 2.08. The van der Waals surface area contributed by atoms with Gasteiger partial charge in [-0.2, -0.15) is 13.2 Å². The normalized spacial score (nSPS) is 15.4. The second-order valence-electron chi connectivity index (χ2n) is 2.69. The van der Waals surface area contributed by atoms with Crippen molar-refractivity contribution in [3.63, 3.8) is 0 Å². The van der Waals surface area contributed by atoms with Crippen LogP contribution in [-0.4, -0.2) is 18.2 Å². The molecule has 0 fully saturated rings. The average molecular weight is 205 g/mol. The van der Waals surface area contributed by atoms with Crippen molar-refractivity contribution in [2.24, 2.45) is 0 Å². The Morgan fingerprint density at radius 2 is 1.86 bits per heavy atom. The lowest BCUT2D eigenvalue weighted by molar-refractivity contribution is -0.141. The van der Waals surface area contributed by atoms with Gasteiger partial charge < -0.3 is 9.47 Å².